The van der Waals surface area contributed by atoms with Gasteiger partial charge in [0.25, 0.3) is 0 Å². The van der Waals surface area contributed by atoms with E-state index >= 15 is 0 Å². The van der Waals surface area contributed by atoms with E-state index in [0.29, 0.717) is 5.92 Å². The van der Waals surface area contributed by atoms with Crippen LogP contribution in [0.3, 0.4) is 0 Å². The summed E-state index contributed by atoms with van der Waals surface area (Å²) in [6.07, 6.45) is 7.56. The lowest BCUT2D eigenvalue weighted by atomic mass is 9.80. The first-order chi connectivity index (χ1) is 8.70. The number of hydrogen-bond donors (Lipinski definition) is 1. The van der Waals surface area contributed by atoms with Crippen LogP contribution in [0.2, 0.25) is 0 Å². The van der Waals surface area contributed by atoms with Crippen LogP contribution < -0.4 is 5.32 Å². The van der Waals surface area contributed by atoms with Crippen molar-refractivity contribution in [3.8, 4) is 0 Å². The molecular formula is C17H27NO. The van der Waals surface area contributed by atoms with Gasteiger partial charge in [-0.1, -0.05) is 39.8 Å². The van der Waals surface area contributed by atoms with Crippen molar-refractivity contribution < 1.29 is 4.79 Å². The maximum absolute atomic E-state index is 12.5. The highest BCUT2D eigenvalue weighted by atomic mass is 16.2. The minimum atomic E-state index is -0.332. The molecule has 0 saturated heterocycles. The number of amides is 1. The molecule has 0 bridgehead atoms. The molecule has 1 fully saturated rings. The monoisotopic (exact) mass is 261 g/mol. The van der Waals surface area contributed by atoms with E-state index in [1.165, 1.54) is 11.1 Å². The Morgan fingerprint density at radius 2 is 2.11 bits per heavy atom. The highest BCUT2D eigenvalue weighted by molar-refractivity contribution is 5.85. The van der Waals surface area contributed by atoms with Gasteiger partial charge in [-0.2, -0.15) is 0 Å². The number of rotatable bonds is 3. The molecule has 2 rings (SSSR count). The summed E-state index contributed by atoms with van der Waals surface area (Å²) in [7, 11) is 0. The Bertz CT molecular complexity index is 439. The average Bonchev–Trinajstić information content (AvgIpc) is 2.92. The van der Waals surface area contributed by atoms with Crippen LogP contribution in [0.5, 0.6) is 0 Å². The van der Waals surface area contributed by atoms with Crippen LogP contribution in [0.1, 0.15) is 53.9 Å². The van der Waals surface area contributed by atoms with E-state index in [9.17, 15) is 4.79 Å². The maximum Gasteiger partial charge on any atom is 0.229 e. The zero-order chi connectivity index (χ0) is 14.3. The molecule has 2 nitrogen and oxygen atoms in total. The molecule has 2 aliphatic carbocycles. The molecule has 0 heterocycles. The topological polar surface area (TPSA) is 29.1 Å². The number of fused-ring (bicyclic) bond motifs is 1. The number of allylic oxidation sites excluding steroid dienone is 3. The Kier molecular flexibility index (Phi) is 3.63. The number of carbonyl (C=O) groups is 1. The lowest BCUT2D eigenvalue weighted by Crippen LogP contribution is -2.39. The second-order valence-electron chi connectivity index (χ2n) is 7.70. The molecular weight excluding hydrogens is 234 g/mol. The molecule has 1 saturated carbocycles. The van der Waals surface area contributed by atoms with Crippen molar-refractivity contribution in [2.24, 2.45) is 16.7 Å². The number of carbonyl (C=O) groups excluding carboxylic acids is 1. The number of nitrogens with one attached hydrogen (secondary N) is 1. The van der Waals surface area contributed by atoms with Crippen molar-refractivity contribution in [2.45, 2.75) is 53.9 Å². The van der Waals surface area contributed by atoms with E-state index in [1.807, 2.05) is 0 Å². The first kappa shape index (κ1) is 14.4. The summed E-state index contributed by atoms with van der Waals surface area (Å²) in [5.41, 5.74) is 2.78. The van der Waals surface area contributed by atoms with Crippen LogP contribution in [-0.4, -0.2) is 12.5 Å². The molecule has 2 heteroatoms. The zero-order valence-corrected chi connectivity index (χ0v) is 13.0. The van der Waals surface area contributed by atoms with Gasteiger partial charge in [-0.3, -0.25) is 4.79 Å². The van der Waals surface area contributed by atoms with Gasteiger partial charge in [-0.25, -0.2) is 0 Å². The molecule has 0 aromatic heterocycles. The molecule has 19 heavy (non-hydrogen) atoms. The van der Waals surface area contributed by atoms with Gasteiger partial charge in [0.2, 0.25) is 5.91 Å². The first-order valence-corrected chi connectivity index (χ1v) is 7.41. The summed E-state index contributed by atoms with van der Waals surface area (Å²) < 4.78 is 0. The third kappa shape index (κ3) is 3.71. The van der Waals surface area contributed by atoms with Gasteiger partial charge < -0.3 is 5.32 Å². The quantitative estimate of drug-likeness (QED) is 0.821. The summed E-state index contributed by atoms with van der Waals surface area (Å²) in [5.74, 6) is 0.683. The largest absolute Gasteiger partial charge is 0.355 e. The minimum absolute atomic E-state index is 0.192. The predicted molar refractivity (Wildman–Crippen MR) is 79.8 cm³/mol. The van der Waals surface area contributed by atoms with E-state index in [-0.39, 0.29) is 16.7 Å². The van der Waals surface area contributed by atoms with Crippen LogP contribution in [0.15, 0.2) is 23.3 Å². The Hall–Kier alpha value is -1.05. The predicted octanol–water partition coefficient (Wildman–Crippen LogP) is 3.84. The zero-order valence-electron chi connectivity index (χ0n) is 13.0. The first-order valence-electron chi connectivity index (χ1n) is 7.41. The van der Waals surface area contributed by atoms with Crippen molar-refractivity contribution in [1.29, 1.82) is 0 Å². The van der Waals surface area contributed by atoms with Crippen LogP contribution in [0, 0.1) is 16.7 Å². The molecule has 0 aliphatic heterocycles. The second-order valence-corrected chi connectivity index (χ2v) is 7.70. The smallest absolute Gasteiger partial charge is 0.229 e. The van der Waals surface area contributed by atoms with E-state index in [2.05, 4.69) is 52.1 Å². The highest BCUT2D eigenvalue weighted by Gasteiger charge is 2.38. The van der Waals surface area contributed by atoms with Gasteiger partial charge in [0.05, 0.1) is 5.41 Å². The van der Waals surface area contributed by atoms with Gasteiger partial charge in [-0.05, 0) is 48.7 Å². The summed E-state index contributed by atoms with van der Waals surface area (Å²) in [6, 6.07) is 0. The van der Waals surface area contributed by atoms with Crippen molar-refractivity contribution in [3.05, 3.63) is 23.3 Å². The molecule has 0 spiro atoms. The Labute approximate surface area is 117 Å². The minimum Gasteiger partial charge on any atom is -0.355 e. The van der Waals surface area contributed by atoms with Crippen LogP contribution >= 0.6 is 0 Å². The third-order valence-electron chi connectivity index (χ3n) is 4.07. The average molecular weight is 261 g/mol. The molecule has 2 aliphatic rings. The van der Waals surface area contributed by atoms with E-state index < -0.39 is 0 Å². The van der Waals surface area contributed by atoms with Gasteiger partial charge in [0.1, 0.15) is 0 Å². The van der Waals surface area contributed by atoms with Crippen molar-refractivity contribution in [2.75, 3.05) is 6.54 Å². The fraction of sp³-hybridized carbons (Fsp3) is 0.706. The molecule has 1 amide bonds. The second kappa shape index (κ2) is 4.81. The molecule has 2 atom stereocenters. The van der Waals surface area contributed by atoms with Gasteiger partial charge >= 0.3 is 0 Å². The fourth-order valence-corrected chi connectivity index (χ4v) is 2.90. The highest BCUT2D eigenvalue weighted by Crippen LogP contribution is 2.46. The standard InChI is InChI=1S/C17H27NO/c1-12-8-13-9-14(13)11-17(5,10-12)15(19)18-7-6-16(2,3)4/h8,11-12H,6-7,9-10H2,1-5H3,(H,18,19). The molecule has 0 aromatic rings. The summed E-state index contributed by atoms with van der Waals surface area (Å²) in [5, 5.41) is 3.13. The van der Waals surface area contributed by atoms with Crippen molar-refractivity contribution in [3.63, 3.8) is 0 Å². The summed E-state index contributed by atoms with van der Waals surface area (Å²) in [4.78, 5) is 12.5. The summed E-state index contributed by atoms with van der Waals surface area (Å²) in [6.45, 7) is 11.7. The Morgan fingerprint density at radius 1 is 1.42 bits per heavy atom. The van der Waals surface area contributed by atoms with Crippen molar-refractivity contribution >= 4 is 5.91 Å². The van der Waals surface area contributed by atoms with Gasteiger partial charge in [0, 0.05) is 6.54 Å². The lowest BCUT2D eigenvalue weighted by molar-refractivity contribution is -0.128. The molecule has 0 aromatic carbocycles. The summed E-state index contributed by atoms with van der Waals surface area (Å²) >= 11 is 0. The molecule has 2 unspecified atom stereocenters. The van der Waals surface area contributed by atoms with Gasteiger partial charge in [-0.15, -0.1) is 0 Å². The van der Waals surface area contributed by atoms with Crippen LogP contribution in [-0.2, 0) is 4.79 Å². The Balaban J connectivity index is 1.96. The van der Waals surface area contributed by atoms with E-state index in [4.69, 9.17) is 0 Å². The molecule has 0 radical (unpaired) electrons. The SMILES string of the molecule is CC1C=C2CC2=CC(C)(C(=O)NCCC(C)(C)C)C1. The van der Waals surface area contributed by atoms with Gasteiger partial charge in [0.15, 0.2) is 0 Å². The van der Waals surface area contributed by atoms with E-state index in [0.717, 1.165) is 25.8 Å². The molecule has 1 N–H and O–H groups in total. The van der Waals surface area contributed by atoms with E-state index in [1.54, 1.807) is 0 Å². The fourth-order valence-electron chi connectivity index (χ4n) is 2.90. The Morgan fingerprint density at radius 3 is 2.74 bits per heavy atom. The third-order valence-corrected chi connectivity index (χ3v) is 4.07. The van der Waals surface area contributed by atoms with Crippen molar-refractivity contribution in [1.82, 2.24) is 5.32 Å². The van der Waals surface area contributed by atoms with Crippen LogP contribution in [0.4, 0.5) is 0 Å². The molecule has 106 valence electrons. The van der Waals surface area contributed by atoms with Crippen LogP contribution in [0.25, 0.3) is 0 Å². The number of hydrogen-bond acceptors (Lipinski definition) is 1. The lowest BCUT2D eigenvalue weighted by Gasteiger charge is -2.27. The normalized spacial score (nSPS) is 29.8. The maximum atomic E-state index is 12.5.